The number of nitrogens with zero attached hydrogens (tertiary/aromatic N) is 1. The lowest BCUT2D eigenvalue weighted by atomic mass is 9.93. The van der Waals surface area contributed by atoms with E-state index in [0.717, 1.165) is 29.7 Å². The molecule has 0 fully saturated rings. The fourth-order valence-corrected chi connectivity index (χ4v) is 2.16. The lowest BCUT2D eigenvalue weighted by Gasteiger charge is -2.23. The summed E-state index contributed by atoms with van der Waals surface area (Å²) in [7, 11) is 3.23. The third-order valence-electron chi connectivity index (χ3n) is 3.72. The Balaban J connectivity index is 2.57. The Kier molecular flexibility index (Phi) is 3.66. The van der Waals surface area contributed by atoms with Crippen LogP contribution in [0.2, 0.25) is 0 Å². The molecule has 5 heteroatoms. The second kappa shape index (κ2) is 5.09. The molecular weight excluding hydrogens is 242 g/mol. The van der Waals surface area contributed by atoms with Crippen molar-refractivity contribution in [3.05, 3.63) is 18.0 Å². The summed E-state index contributed by atoms with van der Waals surface area (Å²) >= 11 is 0. The average Bonchev–Trinajstić information content (AvgIpc) is 2.87. The maximum absolute atomic E-state index is 6.37. The van der Waals surface area contributed by atoms with E-state index in [2.05, 4.69) is 23.8 Å². The Bertz CT molecular complexity index is 532. The van der Waals surface area contributed by atoms with Crippen molar-refractivity contribution in [2.45, 2.75) is 32.2 Å². The van der Waals surface area contributed by atoms with E-state index >= 15 is 0 Å². The molecule has 3 N–H and O–H groups in total. The molecule has 0 unspecified atom stereocenters. The SMILES string of the molecule is CCC(N)(CC)c1nc2cc(OC)c(OC)cc2[nH]1. The van der Waals surface area contributed by atoms with Crippen LogP contribution < -0.4 is 15.2 Å². The summed E-state index contributed by atoms with van der Waals surface area (Å²) < 4.78 is 10.6. The summed E-state index contributed by atoms with van der Waals surface area (Å²) in [4.78, 5) is 7.89. The topological polar surface area (TPSA) is 73.2 Å². The number of fused-ring (bicyclic) bond motifs is 1. The van der Waals surface area contributed by atoms with Crippen LogP contribution >= 0.6 is 0 Å². The Morgan fingerprint density at radius 1 is 1.16 bits per heavy atom. The molecular formula is C14H21N3O2. The lowest BCUT2D eigenvalue weighted by Crippen LogP contribution is -2.36. The van der Waals surface area contributed by atoms with Gasteiger partial charge in [0.2, 0.25) is 0 Å². The number of hydrogen-bond donors (Lipinski definition) is 2. The first-order valence-corrected chi connectivity index (χ1v) is 6.49. The van der Waals surface area contributed by atoms with Gasteiger partial charge in [0.15, 0.2) is 11.5 Å². The van der Waals surface area contributed by atoms with Gasteiger partial charge in [0.25, 0.3) is 0 Å². The van der Waals surface area contributed by atoms with Crippen LogP contribution in [-0.2, 0) is 5.54 Å². The van der Waals surface area contributed by atoms with Gasteiger partial charge >= 0.3 is 0 Å². The number of benzene rings is 1. The zero-order valence-corrected chi connectivity index (χ0v) is 11.9. The molecule has 104 valence electrons. The third kappa shape index (κ3) is 2.26. The quantitative estimate of drug-likeness (QED) is 0.869. The fraction of sp³-hybridized carbons (Fsp3) is 0.500. The number of nitrogens with one attached hydrogen (secondary N) is 1. The van der Waals surface area contributed by atoms with Crippen LogP contribution in [0.5, 0.6) is 11.5 Å². The van der Waals surface area contributed by atoms with E-state index in [1.54, 1.807) is 14.2 Å². The molecule has 0 radical (unpaired) electrons. The van der Waals surface area contributed by atoms with Crippen molar-refractivity contribution in [2.75, 3.05) is 14.2 Å². The van der Waals surface area contributed by atoms with E-state index < -0.39 is 5.54 Å². The molecule has 0 atom stereocenters. The van der Waals surface area contributed by atoms with Crippen molar-refractivity contribution >= 4 is 11.0 Å². The number of aromatic amines is 1. The maximum atomic E-state index is 6.37. The van der Waals surface area contributed by atoms with Gasteiger partial charge < -0.3 is 20.2 Å². The van der Waals surface area contributed by atoms with Gasteiger partial charge in [0.1, 0.15) is 5.82 Å². The molecule has 0 amide bonds. The molecule has 1 aromatic heterocycles. The highest BCUT2D eigenvalue weighted by Crippen LogP contribution is 2.33. The fourth-order valence-electron chi connectivity index (χ4n) is 2.16. The zero-order chi connectivity index (χ0) is 14.0. The zero-order valence-electron chi connectivity index (χ0n) is 11.9. The number of hydrogen-bond acceptors (Lipinski definition) is 4. The first kappa shape index (κ1) is 13.7. The van der Waals surface area contributed by atoms with E-state index in [4.69, 9.17) is 15.2 Å². The summed E-state index contributed by atoms with van der Waals surface area (Å²) in [5, 5.41) is 0. The Morgan fingerprint density at radius 3 is 2.26 bits per heavy atom. The van der Waals surface area contributed by atoms with Crippen molar-refractivity contribution in [2.24, 2.45) is 5.73 Å². The third-order valence-corrected chi connectivity index (χ3v) is 3.72. The Morgan fingerprint density at radius 2 is 1.74 bits per heavy atom. The first-order chi connectivity index (χ1) is 9.07. The standard InChI is InChI=1S/C14H21N3O2/c1-5-14(15,6-2)13-16-9-7-11(18-3)12(19-4)8-10(9)17-13/h7-8H,5-6,15H2,1-4H3,(H,16,17). The molecule has 0 aliphatic carbocycles. The largest absolute Gasteiger partial charge is 0.493 e. The minimum Gasteiger partial charge on any atom is -0.493 e. The number of H-pyrrole nitrogens is 1. The maximum Gasteiger partial charge on any atom is 0.163 e. The van der Waals surface area contributed by atoms with E-state index in [0.29, 0.717) is 11.5 Å². The van der Waals surface area contributed by atoms with Crippen LogP contribution in [0.4, 0.5) is 0 Å². The van der Waals surface area contributed by atoms with Crippen molar-refractivity contribution in [3.63, 3.8) is 0 Å². The van der Waals surface area contributed by atoms with Gasteiger partial charge in [-0.25, -0.2) is 4.98 Å². The Hall–Kier alpha value is -1.75. The van der Waals surface area contributed by atoms with E-state index in [9.17, 15) is 0 Å². The lowest BCUT2D eigenvalue weighted by molar-refractivity contribution is 0.356. The minimum atomic E-state index is -0.417. The smallest absolute Gasteiger partial charge is 0.163 e. The molecule has 19 heavy (non-hydrogen) atoms. The average molecular weight is 263 g/mol. The molecule has 0 spiro atoms. The van der Waals surface area contributed by atoms with E-state index in [-0.39, 0.29) is 0 Å². The highest BCUT2D eigenvalue weighted by Gasteiger charge is 2.27. The van der Waals surface area contributed by atoms with Crippen molar-refractivity contribution in [1.29, 1.82) is 0 Å². The van der Waals surface area contributed by atoms with Gasteiger partial charge in [-0.2, -0.15) is 0 Å². The normalized spacial score (nSPS) is 11.8. The van der Waals surface area contributed by atoms with Gasteiger partial charge in [0.05, 0.1) is 30.8 Å². The van der Waals surface area contributed by atoms with Crippen molar-refractivity contribution < 1.29 is 9.47 Å². The van der Waals surface area contributed by atoms with Gasteiger partial charge in [-0.15, -0.1) is 0 Å². The molecule has 0 saturated heterocycles. The monoisotopic (exact) mass is 263 g/mol. The van der Waals surface area contributed by atoms with E-state index in [1.807, 2.05) is 12.1 Å². The predicted octanol–water partition coefficient (Wildman–Crippen LogP) is 2.55. The highest BCUT2D eigenvalue weighted by atomic mass is 16.5. The summed E-state index contributed by atoms with van der Waals surface area (Å²) in [6.07, 6.45) is 1.66. The minimum absolute atomic E-state index is 0.417. The summed E-state index contributed by atoms with van der Waals surface area (Å²) in [6.45, 7) is 4.13. The van der Waals surface area contributed by atoms with Crippen LogP contribution in [0.25, 0.3) is 11.0 Å². The van der Waals surface area contributed by atoms with Gasteiger partial charge in [-0.1, -0.05) is 13.8 Å². The van der Waals surface area contributed by atoms with Gasteiger partial charge in [-0.3, -0.25) is 0 Å². The molecule has 1 heterocycles. The number of rotatable bonds is 5. The number of methoxy groups -OCH3 is 2. The molecule has 0 aliphatic rings. The molecule has 5 nitrogen and oxygen atoms in total. The molecule has 2 rings (SSSR count). The van der Waals surface area contributed by atoms with Crippen LogP contribution in [-0.4, -0.2) is 24.2 Å². The number of nitrogens with two attached hydrogens (primary N) is 1. The van der Waals surface area contributed by atoms with Crippen LogP contribution in [0.15, 0.2) is 12.1 Å². The number of aromatic nitrogens is 2. The molecule has 0 bridgehead atoms. The van der Waals surface area contributed by atoms with Crippen LogP contribution in [0.1, 0.15) is 32.5 Å². The van der Waals surface area contributed by atoms with Crippen LogP contribution in [0.3, 0.4) is 0 Å². The number of imidazole rings is 1. The van der Waals surface area contributed by atoms with E-state index in [1.165, 1.54) is 0 Å². The summed E-state index contributed by atoms with van der Waals surface area (Å²) in [5.74, 6) is 2.16. The second-order valence-corrected chi connectivity index (χ2v) is 4.67. The second-order valence-electron chi connectivity index (χ2n) is 4.67. The van der Waals surface area contributed by atoms with Crippen molar-refractivity contribution in [1.82, 2.24) is 9.97 Å². The summed E-state index contributed by atoms with van der Waals surface area (Å²) in [5.41, 5.74) is 7.69. The van der Waals surface area contributed by atoms with Crippen LogP contribution in [0, 0.1) is 0 Å². The summed E-state index contributed by atoms with van der Waals surface area (Å²) in [6, 6.07) is 3.75. The molecule has 0 saturated carbocycles. The first-order valence-electron chi connectivity index (χ1n) is 6.49. The van der Waals surface area contributed by atoms with Gasteiger partial charge in [-0.05, 0) is 12.8 Å². The van der Waals surface area contributed by atoms with Crippen molar-refractivity contribution in [3.8, 4) is 11.5 Å². The van der Waals surface area contributed by atoms with Gasteiger partial charge in [0, 0.05) is 12.1 Å². The molecule has 1 aromatic carbocycles. The highest BCUT2D eigenvalue weighted by molar-refractivity contribution is 5.80. The molecule has 2 aromatic rings. The Labute approximate surface area is 113 Å². The molecule has 0 aliphatic heterocycles. The number of ether oxygens (including phenoxy) is 2. The predicted molar refractivity (Wildman–Crippen MR) is 75.6 cm³/mol.